The van der Waals surface area contributed by atoms with Crippen LogP contribution < -0.4 is 4.73 Å². The first kappa shape index (κ1) is 24.4. The molecule has 1 unspecified atom stereocenters. The van der Waals surface area contributed by atoms with Gasteiger partial charge in [-0.1, -0.05) is 11.6 Å². The van der Waals surface area contributed by atoms with Gasteiger partial charge in [0, 0.05) is 37.1 Å². The number of pyridine rings is 1. The number of benzene rings is 1. The summed E-state index contributed by atoms with van der Waals surface area (Å²) in [6, 6.07) is 6.52. The SMILES string of the molecule is [O-][n+]1cc(-c2c(-n3cnnn3)ccc(Cl)c2F)ccc1C(CCO)n1cc(-c2ccnn2C(F)F)cn1. The average Bonchev–Trinajstić information content (AvgIpc) is 3.66. The molecule has 5 aromatic rings. The van der Waals surface area contributed by atoms with E-state index in [2.05, 4.69) is 25.7 Å². The zero-order valence-corrected chi connectivity index (χ0v) is 19.5. The molecule has 0 fully saturated rings. The number of hydrogen-bond acceptors (Lipinski definition) is 7. The van der Waals surface area contributed by atoms with Crippen molar-refractivity contribution in [1.29, 1.82) is 0 Å². The fourth-order valence-corrected chi connectivity index (χ4v) is 4.21. The summed E-state index contributed by atoms with van der Waals surface area (Å²) in [6.45, 7) is -3.13. The van der Waals surface area contributed by atoms with Gasteiger partial charge >= 0.3 is 6.55 Å². The van der Waals surface area contributed by atoms with Crippen LogP contribution in [0.5, 0.6) is 0 Å². The van der Waals surface area contributed by atoms with Crippen LogP contribution in [0.3, 0.4) is 0 Å². The lowest BCUT2D eigenvalue weighted by atomic mass is 10.0. The summed E-state index contributed by atoms with van der Waals surface area (Å²) in [6.07, 6.45) is 6.63. The van der Waals surface area contributed by atoms with Crippen LogP contribution in [-0.4, -0.2) is 51.5 Å². The Bertz CT molecular complexity index is 1540. The van der Waals surface area contributed by atoms with E-state index in [1.807, 2.05) is 0 Å². The van der Waals surface area contributed by atoms with Gasteiger partial charge in [-0.3, -0.25) is 4.68 Å². The van der Waals surface area contributed by atoms with Gasteiger partial charge in [-0.2, -0.15) is 28.4 Å². The van der Waals surface area contributed by atoms with E-state index in [9.17, 15) is 19.1 Å². The molecule has 0 aliphatic rings. The fourth-order valence-electron chi connectivity index (χ4n) is 4.05. The highest BCUT2D eigenvalue weighted by atomic mass is 35.5. The zero-order valence-electron chi connectivity index (χ0n) is 18.7. The largest absolute Gasteiger partial charge is 0.618 e. The highest BCUT2D eigenvalue weighted by molar-refractivity contribution is 6.31. The van der Waals surface area contributed by atoms with Crippen molar-refractivity contribution in [2.45, 2.75) is 19.0 Å². The smallest absolute Gasteiger partial charge is 0.333 e. The quantitative estimate of drug-likeness (QED) is 0.241. The number of nitrogens with zero attached hydrogens (tertiary/aromatic N) is 9. The van der Waals surface area contributed by atoms with Crippen LogP contribution in [0, 0.1) is 11.0 Å². The minimum Gasteiger partial charge on any atom is -0.618 e. The third-order valence-corrected chi connectivity index (χ3v) is 6.01. The molecule has 0 saturated heterocycles. The Morgan fingerprint density at radius 2 is 1.95 bits per heavy atom. The lowest BCUT2D eigenvalue weighted by Crippen LogP contribution is -2.35. The molecular weight excluding hydrogens is 515 g/mol. The maximum absolute atomic E-state index is 15.1. The summed E-state index contributed by atoms with van der Waals surface area (Å²) in [5.41, 5.74) is 1.15. The summed E-state index contributed by atoms with van der Waals surface area (Å²) in [7, 11) is 0. The summed E-state index contributed by atoms with van der Waals surface area (Å²) in [4.78, 5) is 0. The number of alkyl halides is 2. The van der Waals surface area contributed by atoms with Crippen LogP contribution >= 0.6 is 11.6 Å². The predicted molar refractivity (Wildman–Crippen MR) is 123 cm³/mol. The van der Waals surface area contributed by atoms with Crippen molar-refractivity contribution >= 4 is 11.6 Å². The molecule has 37 heavy (non-hydrogen) atoms. The molecule has 5 rings (SSSR count). The number of halogens is 4. The third-order valence-electron chi connectivity index (χ3n) is 5.72. The van der Waals surface area contributed by atoms with Gasteiger partial charge in [-0.15, -0.1) is 5.10 Å². The monoisotopic (exact) mass is 531 g/mol. The highest BCUT2D eigenvalue weighted by Gasteiger charge is 2.26. The first-order chi connectivity index (χ1) is 17.9. The van der Waals surface area contributed by atoms with E-state index >= 15 is 4.39 Å². The molecule has 190 valence electrons. The molecule has 15 heteroatoms. The Balaban J connectivity index is 1.54. The Morgan fingerprint density at radius 1 is 1.11 bits per heavy atom. The van der Waals surface area contributed by atoms with Crippen molar-refractivity contribution in [2.24, 2.45) is 0 Å². The van der Waals surface area contributed by atoms with Crippen molar-refractivity contribution in [3.05, 3.63) is 83.2 Å². The maximum atomic E-state index is 15.1. The van der Waals surface area contributed by atoms with Gasteiger partial charge in [-0.25, -0.2) is 9.07 Å². The number of aliphatic hydroxyl groups excluding tert-OH is 1. The number of aliphatic hydroxyl groups is 1. The molecule has 4 heterocycles. The molecule has 0 bridgehead atoms. The Hall–Kier alpha value is -4.30. The van der Waals surface area contributed by atoms with Crippen LogP contribution in [0.2, 0.25) is 5.02 Å². The van der Waals surface area contributed by atoms with Crippen molar-refractivity contribution in [3.8, 4) is 28.1 Å². The van der Waals surface area contributed by atoms with E-state index in [1.54, 1.807) is 0 Å². The molecule has 1 atom stereocenters. The van der Waals surface area contributed by atoms with Gasteiger partial charge < -0.3 is 10.3 Å². The van der Waals surface area contributed by atoms with Gasteiger partial charge in [0.15, 0.2) is 12.0 Å². The lowest BCUT2D eigenvalue weighted by Gasteiger charge is -2.17. The summed E-state index contributed by atoms with van der Waals surface area (Å²) in [5, 5.41) is 41.4. The highest BCUT2D eigenvalue weighted by Crippen LogP contribution is 2.33. The van der Waals surface area contributed by atoms with Gasteiger partial charge in [-0.05, 0) is 34.7 Å². The maximum Gasteiger partial charge on any atom is 0.333 e. The van der Waals surface area contributed by atoms with E-state index < -0.39 is 18.4 Å². The van der Waals surface area contributed by atoms with E-state index in [4.69, 9.17) is 11.6 Å². The number of hydrogen-bond donors (Lipinski definition) is 1. The normalized spacial score (nSPS) is 12.4. The van der Waals surface area contributed by atoms with Crippen molar-refractivity contribution < 1.29 is 23.0 Å². The minimum absolute atomic E-state index is 0.0105. The van der Waals surface area contributed by atoms with E-state index in [1.165, 1.54) is 70.8 Å². The number of tetrazole rings is 1. The molecule has 11 nitrogen and oxygen atoms in total. The first-order valence-corrected chi connectivity index (χ1v) is 11.2. The molecule has 1 aromatic carbocycles. The number of rotatable bonds is 8. The molecule has 0 spiro atoms. The van der Waals surface area contributed by atoms with Crippen molar-refractivity contribution in [1.82, 2.24) is 39.8 Å². The van der Waals surface area contributed by atoms with E-state index in [0.29, 0.717) is 15.0 Å². The summed E-state index contributed by atoms with van der Waals surface area (Å²) >= 11 is 6.00. The van der Waals surface area contributed by atoms with Crippen LogP contribution in [0.1, 0.15) is 24.7 Å². The minimum atomic E-state index is -2.84. The van der Waals surface area contributed by atoms with E-state index in [0.717, 1.165) is 0 Å². The summed E-state index contributed by atoms with van der Waals surface area (Å²) in [5.74, 6) is -0.762. The molecule has 0 saturated carbocycles. The topological polar surface area (TPSA) is 126 Å². The van der Waals surface area contributed by atoms with Crippen molar-refractivity contribution in [3.63, 3.8) is 0 Å². The molecular formula is C22H17ClF3N9O2. The lowest BCUT2D eigenvalue weighted by molar-refractivity contribution is -0.615. The first-order valence-electron chi connectivity index (χ1n) is 10.8. The van der Waals surface area contributed by atoms with Gasteiger partial charge in [0.25, 0.3) is 0 Å². The molecule has 0 aliphatic heterocycles. The molecule has 1 N–H and O–H groups in total. The Kier molecular flexibility index (Phi) is 6.58. The summed E-state index contributed by atoms with van der Waals surface area (Å²) < 4.78 is 45.3. The van der Waals surface area contributed by atoms with Crippen LogP contribution in [0.4, 0.5) is 13.2 Å². The Labute approximate surface area is 211 Å². The van der Waals surface area contributed by atoms with Gasteiger partial charge in [0.2, 0.25) is 5.69 Å². The van der Waals surface area contributed by atoms with Gasteiger partial charge in [0.1, 0.15) is 12.4 Å². The second kappa shape index (κ2) is 9.99. The Morgan fingerprint density at radius 3 is 2.65 bits per heavy atom. The second-order valence-corrected chi connectivity index (χ2v) is 8.26. The van der Waals surface area contributed by atoms with Crippen LogP contribution in [0.15, 0.2) is 61.4 Å². The molecule has 0 aliphatic carbocycles. The van der Waals surface area contributed by atoms with Gasteiger partial charge in [0.05, 0.1) is 33.7 Å². The predicted octanol–water partition coefficient (Wildman–Crippen LogP) is 3.18. The van der Waals surface area contributed by atoms with Crippen molar-refractivity contribution in [2.75, 3.05) is 6.61 Å². The van der Waals surface area contributed by atoms with E-state index in [-0.39, 0.29) is 46.3 Å². The number of aromatic nitrogens is 9. The average molecular weight is 532 g/mol. The third kappa shape index (κ3) is 4.51. The van der Waals surface area contributed by atoms with Crippen LogP contribution in [-0.2, 0) is 0 Å². The standard InChI is InChI=1S/C22H17ClF3N9O2/c23-15-2-4-19(33-12-27-30-31-33)20(21(15)24)13-1-3-18(34(37)11-13)17(6-8-36)32-10-14(9-29-32)16-5-7-28-35(16)22(25)26/h1-5,7,9-12,17,22,36H,6,8H2. The van der Waals surface area contributed by atoms with Crippen LogP contribution in [0.25, 0.3) is 28.1 Å². The molecule has 0 amide bonds. The fraction of sp³-hybridized carbons (Fsp3) is 0.182. The zero-order chi connectivity index (χ0) is 26.1. The second-order valence-electron chi connectivity index (χ2n) is 7.85. The molecule has 4 aromatic heterocycles. The molecule has 0 radical (unpaired) electrons.